The molecule has 2 N–H and O–H groups in total. The van der Waals surface area contributed by atoms with Crippen molar-refractivity contribution >= 4 is 30.8 Å². The van der Waals surface area contributed by atoms with Crippen LogP contribution in [0.4, 0.5) is 39.5 Å². The van der Waals surface area contributed by atoms with E-state index in [1.807, 2.05) is 13.8 Å². The number of hydrogen-bond acceptors (Lipinski definition) is 28. The summed E-state index contributed by atoms with van der Waals surface area (Å²) in [6.45, 7) is 25.9. The number of aromatic nitrogens is 20. The van der Waals surface area contributed by atoms with E-state index in [-0.39, 0.29) is 136 Å². The molecule has 8 aliphatic carbocycles. The number of aliphatic hydroxyl groups excluding tert-OH is 2. The molecule has 150 heavy (non-hydrogen) atoms. The normalized spacial score (nSPS) is 23.2. The summed E-state index contributed by atoms with van der Waals surface area (Å²) in [6, 6.07) is 22.1. The van der Waals surface area contributed by atoms with E-state index in [1.54, 1.807) is 94.0 Å². The highest BCUT2D eigenvalue weighted by Gasteiger charge is 2.70. The number of hydrogen-bond donors (Lipinski definition) is 2. The van der Waals surface area contributed by atoms with Crippen LogP contribution in [0.3, 0.4) is 0 Å². The lowest BCUT2D eigenvalue weighted by molar-refractivity contribution is 0.0846. The van der Waals surface area contributed by atoms with Gasteiger partial charge in [-0.05, 0) is 249 Å². The van der Waals surface area contributed by atoms with E-state index in [4.69, 9.17) is 37.6 Å². The molecule has 3 unspecified atom stereocenters. The van der Waals surface area contributed by atoms with Gasteiger partial charge in [0.15, 0.2) is 0 Å². The Balaban J connectivity index is 0.000000117. The van der Waals surface area contributed by atoms with E-state index in [0.717, 1.165) is 102 Å². The van der Waals surface area contributed by atoms with Crippen molar-refractivity contribution in [3.8, 4) is 91.4 Å². The molecule has 16 aromatic rings. The van der Waals surface area contributed by atoms with Gasteiger partial charge < -0.3 is 27.9 Å². The summed E-state index contributed by atoms with van der Waals surface area (Å²) in [5.74, 6) is 3.45. The minimum Gasteiger partial charge on any atom is -0.443 e. The highest BCUT2D eigenvalue weighted by molar-refractivity contribution is 8.00. The van der Waals surface area contributed by atoms with Crippen molar-refractivity contribution in [3.05, 3.63) is 309 Å². The maximum absolute atomic E-state index is 14.5. The minimum atomic E-state index is -2.35. The van der Waals surface area contributed by atoms with Crippen molar-refractivity contribution in [2.45, 2.75) is 216 Å². The number of fused-ring (bicyclic) bond motifs is 20. The largest absolute Gasteiger partial charge is 0.443 e. The molecule has 0 amide bonds. The molecule has 39 heteroatoms. The molecule has 15 atom stereocenters. The number of halogens is 9. The fourth-order valence-electron chi connectivity index (χ4n) is 25.1. The molecule has 12 heterocycles. The molecule has 4 fully saturated rings. The average molecular weight is 2080 g/mol. The Morgan fingerprint density at radius 1 is 0.327 bits per heavy atom. The zero-order valence-electron chi connectivity index (χ0n) is 84.5. The fraction of sp³-hybridized carbons (Fsp3) is 0.369. The Morgan fingerprint density at radius 3 is 0.767 bits per heavy atom. The zero-order valence-corrected chi connectivity index (χ0v) is 86.1. The molecule has 12 aromatic heterocycles. The molecular formula is C111H105F9N20O8S2. The quantitative estimate of drug-likeness (QED) is 0.0528. The van der Waals surface area contributed by atoms with Gasteiger partial charge in [-0.25, -0.2) is 79.4 Å². The van der Waals surface area contributed by atoms with Gasteiger partial charge in [0.1, 0.15) is 124 Å². The molecular weight excluding hydrogens is 1980 g/mol. The summed E-state index contributed by atoms with van der Waals surface area (Å²) in [5.41, 5.74) is 9.12. The van der Waals surface area contributed by atoms with Crippen molar-refractivity contribution < 1.29 is 75.8 Å². The van der Waals surface area contributed by atoms with E-state index < -0.39 is 106 Å². The van der Waals surface area contributed by atoms with Crippen LogP contribution in [-0.2, 0) is 40.7 Å². The van der Waals surface area contributed by atoms with Crippen molar-refractivity contribution in [1.82, 2.24) is 101 Å². The highest BCUT2D eigenvalue weighted by Crippen LogP contribution is 2.74. The van der Waals surface area contributed by atoms with Crippen molar-refractivity contribution in [3.63, 3.8) is 0 Å². The summed E-state index contributed by atoms with van der Waals surface area (Å²) >= 11 is 0. The molecule has 0 spiro atoms. The zero-order chi connectivity index (χ0) is 106. The Bertz CT molecular complexity index is 7790. The smallest absolute Gasteiger partial charge is 0.247 e. The Morgan fingerprint density at radius 2 is 0.547 bits per heavy atom. The molecule has 772 valence electrons. The molecule has 0 saturated heterocycles. The Labute approximate surface area is 858 Å². The lowest BCUT2D eigenvalue weighted by Gasteiger charge is -2.37. The van der Waals surface area contributed by atoms with E-state index in [1.165, 1.54) is 111 Å². The topological polar surface area (TPSA) is 385 Å². The number of oxazole rings is 4. The van der Waals surface area contributed by atoms with Crippen LogP contribution in [0.2, 0.25) is 0 Å². The minimum absolute atomic E-state index is 0.0122. The summed E-state index contributed by atoms with van der Waals surface area (Å²) in [7, 11) is -4.71. The van der Waals surface area contributed by atoms with Crippen molar-refractivity contribution in [2.24, 2.45) is 27.6 Å². The maximum atomic E-state index is 14.5. The molecule has 0 radical (unpaired) electrons. The van der Waals surface area contributed by atoms with Crippen molar-refractivity contribution in [1.29, 1.82) is 0 Å². The first kappa shape index (κ1) is 102. The van der Waals surface area contributed by atoms with Crippen LogP contribution in [0.1, 0.15) is 278 Å². The van der Waals surface area contributed by atoms with Crippen LogP contribution >= 0.6 is 0 Å². The van der Waals surface area contributed by atoms with Crippen LogP contribution in [-0.4, -0.2) is 150 Å². The Kier molecular flexibility index (Phi) is 24.9. The van der Waals surface area contributed by atoms with Gasteiger partial charge in [0.05, 0.1) is 159 Å². The van der Waals surface area contributed by atoms with Crippen LogP contribution in [0.5, 0.6) is 0 Å². The predicted octanol–water partition coefficient (Wildman–Crippen LogP) is 22.2. The van der Waals surface area contributed by atoms with Crippen molar-refractivity contribution in [2.75, 3.05) is 12.5 Å². The standard InChI is InChI=1S/2C28H27F2N5O2S.C28H27F2N5O2.C27H24F3N5O2/c2*1-15(38(4,5)36)22-14-37-26(33-22)21-12-31-13-23(32-21)28-10-9-17(27(28,2)3)16-11-20(34-35-25(16)28)24-18(29)7-6-8-19(24)30;1-14(2)24(36)21-13-37-26(33-21)20-11-31-12-22(32-20)28-9-8-16(27(28,3)4)15-10-19(34-35-25(15)28)23-17(29)6-5-7-18(23)30;1-13(28)23(36)20-12-37-25(33-20)19-10-31-11-21(32-19)27-8-7-15(26(27,2)3)14-9-18(34-35-24(14)27)22-16(29)5-4-6-17(22)30/h2*6-8,11-15,17H,4,9-10H2,1-3,5H3;5-7,10-14,16,24,36H,8-9H2,1-4H3;4-6,9-13,15,23,36H,7-8H2,1-3H3/t15-,17+,28+,38?;15-,17-,28-,38?;16-,24+,28-;13?,15-,23-,27-/m1000/s1. The summed E-state index contributed by atoms with van der Waals surface area (Å²) in [4.78, 5) is 55.1. The van der Waals surface area contributed by atoms with Gasteiger partial charge in [0.2, 0.25) is 23.6 Å². The first-order chi connectivity index (χ1) is 71.2. The first-order valence-electron chi connectivity index (χ1n) is 49.3. The molecule has 4 saturated carbocycles. The number of nitrogens with zero attached hydrogens (tertiary/aromatic N) is 20. The molecule has 8 bridgehead atoms. The second-order valence-electron chi connectivity index (χ2n) is 43.1. The lowest BCUT2D eigenvalue weighted by Crippen LogP contribution is -2.38. The van der Waals surface area contributed by atoms with Gasteiger partial charge in [-0.3, -0.25) is 28.4 Å². The third kappa shape index (κ3) is 15.8. The van der Waals surface area contributed by atoms with E-state index in [0.29, 0.717) is 56.9 Å². The summed E-state index contributed by atoms with van der Waals surface area (Å²) in [5, 5.41) is 54.9. The highest BCUT2D eigenvalue weighted by atomic mass is 32.2. The molecule has 28 nitrogen and oxygen atoms in total. The van der Waals surface area contributed by atoms with Gasteiger partial charge in [0, 0.05) is 37.3 Å². The van der Waals surface area contributed by atoms with Crippen LogP contribution in [0.25, 0.3) is 91.4 Å². The molecule has 0 aliphatic heterocycles. The number of alkyl halides is 1. The lowest BCUT2D eigenvalue weighted by atomic mass is 9.66. The summed E-state index contributed by atoms with van der Waals surface area (Å²) in [6.07, 6.45) is 24.8. The number of rotatable bonds is 20. The number of aliphatic hydroxyl groups is 2. The van der Waals surface area contributed by atoms with Gasteiger partial charge in [0.25, 0.3) is 0 Å². The van der Waals surface area contributed by atoms with Crippen LogP contribution in [0, 0.1) is 74.1 Å². The number of benzene rings is 4. The van der Waals surface area contributed by atoms with Crippen LogP contribution in [0.15, 0.2) is 189 Å². The maximum Gasteiger partial charge on any atom is 0.247 e. The Hall–Kier alpha value is -14.3. The second-order valence-corrected chi connectivity index (χ2v) is 48.8. The van der Waals surface area contributed by atoms with Gasteiger partial charge in [-0.1, -0.05) is 93.5 Å². The van der Waals surface area contributed by atoms with Gasteiger partial charge in [-0.15, -0.1) is 20.4 Å². The fourth-order valence-corrected chi connectivity index (χ4v) is 26.3. The SMILES string of the molecule is C=S(C)(=O)[C@@H](C)c1coc(-c2cncc([C@@]34CC[C@@H](c5cc(-c6c(F)cccc6F)nnc53)C4(C)C)n2)n1.C=S(C)(=O)[C@H](C)c1coc(-c2cncc([C@@]34CC[C@@H](c5cc(-c6c(F)cccc6F)nnc53)C4(C)C)n2)n1.CC(C)[C@@H](O)c1coc(-c2cncc([C@@]34CC[C@@H](c5cc(-c6c(F)cccc6F)nnc53)C4(C)C)n2)n1.CC(F)[C@H](O)c1coc(-c2cncc([C@@]34CC[C@@H](c5cc(-c6c(F)cccc6F)nnc53)C4(C)C)n2)n1. The third-order valence-corrected chi connectivity index (χ3v) is 37.1. The monoisotopic (exact) mass is 2080 g/mol. The first-order valence-corrected chi connectivity index (χ1v) is 53.6. The van der Waals surface area contributed by atoms with Gasteiger partial charge >= 0.3 is 0 Å². The predicted molar refractivity (Wildman–Crippen MR) is 540 cm³/mol. The van der Waals surface area contributed by atoms with Gasteiger partial charge in [-0.2, -0.15) is 20.4 Å². The van der Waals surface area contributed by atoms with E-state index in [9.17, 15) is 58.1 Å². The van der Waals surface area contributed by atoms with E-state index in [2.05, 4.69) is 148 Å². The molecule has 24 rings (SSSR count). The molecule has 4 aromatic carbocycles. The average Bonchev–Trinajstić information content (AvgIpc) is 1.53. The van der Waals surface area contributed by atoms with E-state index >= 15 is 0 Å². The van der Waals surface area contributed by atoms with Crippen LogP contribution < -0.4 is 0 Å². The second kappa shape index (κ2) is 36.8. The summed E-state index contributed by atoms with van der Waals surface area (Å²) < 4.78 is 177. The molecule has 8 aliphatic rings. The third-order valence-electron chi connectivity index (χ3n) is 33.7.